The minimum atomic E-state index is -3.55. The zero-order chi connectivity index (χ0) is 15.4. The van der Waals surface area contributed by atoms with E-state index in [0.717, 1.165) is 0 Å². The molecule has 0 radical (unpaired) electrons. The van der Waals surface area contributed by atoms with E-state index in [4.69, 9.17) is 10.4 Å². The van der Waals surface area contributed by atoms with Gasteiger partial charge in [0.05, 0.1) is 22.3 Å². The van der Waals surface area contributed by atoms with Crippen LogP contribution in [0.1, 0.15) is 19.4 Å². The van der Waals surface area contributed by atoms with Crippen LogP contribution in [0.5, 0.6) is 0 Å². The molecule has 0 spiro atoms. The molecule has 0 aromatic heterocycles. The highest BCUT2D eigenvalue weighted by Gasteiger charge is 2.26. The molecule has 0 atom stereocenters. The fraction of sp³-hybridized carbons (Fsp3) is 0.385. The molecular weight excluding hydrogens is 280 g/mol. The summed E-state index contributed by atoms with van der Waals surface area (Å²) < 4.78 is 24.1. The van der Waals surface area contributed by atoms with Crippen LogP contribution in [0.2, 0.25) is 0 Å². The van der Waals surface area contributed by atoms with Gasteiger partial charge in [-0.15, -0.1) is 0 Å². The number of aliphatic carboxylic acids is 1. The van der Waals surface area contributed by atoms with Crippen LogP contribution in [0.3, 0.4) is 0 Å². The fourth-order valence-electron chi connectivity index (χ4n) is 1.45. The summed E-state index contributed by atoms with van der Waals surface area (Å²) in [5, 5.41) is 20.3. The van der Waals surface area contributed by atoms with E-state index >= 15 is 0 Å². The largest absolute Gasteiger partial charge is 0.480 e. The van der Waals surface area contributed by atoms with Crippen molar-refractivity contribution in [1.29, 1.82) is 5.26 Å². The predicted octanol–water partition coefficient (Wildman–Crippen LogP) is 0.785. The van der Waals surface area contributed by atoms with E-state index in [-0.39, 0.29) is 22.8 Å². The molecule has 0 fully saturated rings. The third-order valence-electron chi connectivity index (χ3n) is 2.79. The first-order valence-corrected chi connectivity index (χ1v) is 7.55. The molecule has 1 aromatic carbocycles. The Hall–Kier alpha value is -1.91. The van der Waals surface area contributed by atoms with Gasteiger partial charge in [-0.1, -0.05) is 6.07 Å². The van der Waals surface area contributed by atoms with Crippen molar-refractivity contribution in [1.82, 2.24) is 5.32 Å². The van der Waals surface area contributed by atoms with Gasteiger partial charge in [-0.05, 0) is 32.0 Å². The summed E-state index contributed by atoms with van der Waals surface area (Å²) in [4.78, 5) is 10.9. The summed E-state index contributed by atoms with van der Waals surface area (Å²) in [7, 11) is -3.55. The first-order valence-electron chi connectivity index (χ1n) is 5.90. The summed E-state index contributed by atoms with van der Waals surface area (Å²) in [6.45, 7) is 2.93. The highest BCUT2D eigenvalue weighted by Crippen LogP contribution is 2.13. The van der Waals surface area contributed by atoms with Crippen LogP contribution < -0.4 is 5.32 Å². The zero-order valence-electron chi connectivity index (χ0n) is 11.3. The molecule has 0 amide bonds. The average Bonchev–Trinajstić information content (AvgIpc) is 2.38. The first kappa shape index (κ1) is 16.1. The number of nitriles is 1. The van der Waals surface area contributed by atoms with Gasteiger partial charge in [0, 0.05) is 6.54 Å². The summed E-state index contributed by atoms with van der Waals surface area (Å²) in [5.41, 5.74) is -0.922. The highest BCUT2D eigenvalue weighted by atomic mass is 32.2. The average molecular weight is 296 g/mol. The Morgan fingerprint density at radius 3 is 2.65 bits per heavy atom. The van der Waals surface area contributed by atoms with Crippen molar-refractivity contribution < 1.29 is 18.3 Å². The number of hydrogen-bond donors (Lipinski definition) is 2. The van der Waals surface area contributed by atoms with Crippen molar-refractivity contribution in [3.05, 3.63) is 29.8 Å². The molecule has 0 saturated heterocycles. The zero-order valence-corrected chi connectivity index (χ0v) is 12.1. The number of benzene rings is 1. The van der Waals surface area contributed by atoms with Gasteiger partial charge in [-0.25, -0.2) is 8.42 Å². The number of nitrogens with one attached hydrogen (secondary N) is 1. The van der Waals surface area contributed by atoms with Crippen molar-refractivity contribution in [2.24, 2.45) is 0 Å². The molecular formula is C13H16N2O4S. The predicted molar refractivity (Wildman–Crippen MR) is 72.9 cm³/mol. The monoisotopic (exact) mass is 296 g/mol. The maximum Gasteiger partial charge on any atom is 0.323 e. The maximum absolute atomic E-state index is 12.1. The lowest BCUT2D eigenvalue weighted by Gasteiger charge is -2.20. The van der Waals surface area contributed by atoms with Crippen molar-refractivity contribution in [2.75, 3.05) is 12.3 Å². The van der Waals surface area contributed by atoms with E-state index in [1.165, 1.54) is 38.1 Å². The molecule has 0 unspecified atom stereocenters. The normalized spacial score (nSPS) is 11.8. The lowest BCUT2D eigenvalue weighted by Crippen LogP contribution is -2.48. The molecule has 2 N–H and O–H groups in total. The Labute approximate surface area is 118 Å². The molecule has 6 nitrogen and oxygen atoms in total. The van der Waals surface area contributed by atoms with Crippen LogP contribution >= 0.6 is 0 Å². The van der Waals surface area contributed by atoms with Crippen molar-refractivity contribution in [3.63, 3.8) is 0 Å². The summed E-state index contributed by atoms with van der Waals surface area (Å²) in [6.07, 6.45) is 0. The summed E-state index contributed by atoms with van der Waals surface area (Å²) in [6, 6.07) is 7.61. The van der Waals surface area contributed by atoms with Crippen LogP contribution in [0, 0.1) is 11.3 Å². The van der Waals surface area contributed by atoms with Crippen LogP contribution in [0.25, 0.3) is 0 Å². The van der Waals surface area contributed by atoms with Gasteiger partial charge in [0.25, 0.3) is 0 Å². The van der Waals surface area contributed by atoms with Gasteiger partial charge in [0.2, 0.25) is 0 Å². The number of sulfone groups is 1. The van der Waals surface area contributed by atoms with Gasteiger partial charge in [0.1, 0.15) is 5.54 Å². The Bertz CT molecular complexity index is 645. The molecule has 0 aliphatic rings. The molecule has 0 aliphatic carbocycles. The van der Waals surface area contributed by atoms with Crippen molar-refractivity contribution in [3.8, 4) is 6.07 Å². The van der Waals surface area contributed by atoms with Crippen LogP contribution in [0.15, 0.2) is 29.2 Å². The Morgan fingerprint density at radius 1 is 1.45 bits per heavy atom. The topological polar surface area (TPSA) is 107 Å². The van der Waals surface area contributed by atoms with Crippen LogP contribution in [-0.4, -0.2) is 37.3 Å². The quantitative estimate of drug-likeness (QED) is 0.803. The molecule has 7 heteroatoms. The molecule has 1 rings (SSSR count). The van der Waals surface area contributed by atoms with E-state index in [2.05, 4.69) is 5.32 Å². The molecule has 20 heavy (non-hydrogen) atoms. The van der Waals surface area contributed by atoms with E-state index in [1.54, 1.807) is 0 Å². The number of carboxylic acid groups (broad SMARTS) is 1. The van der Waals surface area contributed by atoms with E-state index in [9.17, 15) is 13.2 Å². The number of carboxylic acids is 1. The molecule has 0 saturated carbocycles. The third-order valence-corrected chi connectivity index (χ3v) is 4.51. The minimum absolute atomic E-state index is 0.0123. The van der Waals surface area contributed by atoms with Crippen molar-refractivity contribution in [2.45, 2.75) is 24.3 Å². The Morgan fingerprint density at radius 2 is 2.10 bits per heavy atom. The smallest absolute Gasteiger partial charge is 0.323 e. The van der Waals surface area contributed by atoms with Crippen molar-refractivity contribution >= 4 is 15.8 Å². The van der Waals surface area contributed by atoms with E-state index < -0.39 is 21.3 Å². The Balaban J connectivity index is 2.76. The van der Waals surface area contributed by atoms with Crippen LogP contribution in [-0.2, 0) is 14.6 Å². The highest BCUT2D eigenvalue weighted by molar-refractivity contribution is 7.91. The second-order valence-electron chi connectivity index (χ2n) is 4.82. The molecule has 1 aromatic rings. The minimum Gasteiger partial charge on any atom is -0.480 e. The van der Waals surface area contributed by atoms with Crippen LogP contribution in [0.4, 0.5) is 0 Å². The Kier molecular flexibility index (Phi) is 4.87. The second kappa shape index (κ2) is 6.03. The number of hydrogen-bond acceptors (Lipinski definition) is 5. The number of carbonyl (C=O) groups is 1. The molecule has 0 heterocycles. The lowest BCUT2D eigenvalue weighted by molar-refractivity contribution is -0.143. The van der Waals surface area contributed by atoms with Gasteiger partial charge in [0.15, 0.2) is 9.84 Å². The third kappa shape index (κ3) is 4.05. The number of nitrogens with zero attached hydrogens (tertiary/aromatic N) is 1. The SMILES string of the molecule is CC(C)(NCCS(=O)(=O)c1cccc(C#N)c1)C(=O)O. The van der Waals surface area contributed by atoms with Gasteiger partial charge in [-0.2, -0.15) is 5.26 Å². The fourth-order valence-corrected chi connectivity index (χ4v) is 2.65. The summed E-state index contributed by atoms with van der Waals surface area (Å²) >= 11 is 0. The second-order valence-corrected chi connectivity index (χ2v) is 6.92. The first-order chi connectivity index (χ1) is 9.19. The van der Waals surface area contributed by atoms with E-state index in [0.29, 0.717) is 0 Å². The van der Waals surface area contributed by atoms with E-state index in [1.807, 2.05) is 6.07 Å². The molecule has 0 aliphatic heterocycles. The molecule has 108 valence electrons. The molecule has 0 bridgehead atoms. The van der Waals surface area contributed by atoms with Gasteiger partial charge < -0.3 is 10.4 Å². The number of rotatable bonds is 6. The summed E-state index contributed by atoms with van der Waals surface area (Å²) in [5.74, 6) is -1.29. The standard InChI is InChI=1S/C13H16N2O4S/c1-13(2,12(16)17)15-6-7-20(18,19)11-5-3-4-10(8-11)9-14/h3-5,8,15H,6-7H2,1-2H3,(H,16,17). The van der Waals surface area contributed by atoms with Gasteiger partial charge in [-0.3, -0.25) is 4.79 Å². The van der Waals surface area contributed by atoms with Gasteiger partial charge >= 0.3 is 5.97 Å². The lowest BCUT2D eigenvalue weighted by atomic mass is 10.1. The maximum atomic E-state index is 12.1.